The van der Waals surface area contributed by atoms with Crippen LogP contribution >= 0.6 is 0 Å². The van der Waals surface area contributed by atoms with E-state index in [-0.39, 0.29) is 18.1 Å². The Hall–Kier alpha value is -0.650. The zero-order chi connectivity index (χ0) is 14.3. The van der Waals surface area contributed by atoms with Crippen LogP contribution < -0.4 is 10.6 Å². The number of ether oxygens (including phenoxy) is 1. The van der Waals surface area contributed by atoms with Crippen molar-refractivity contribution in [3.8, 4) is 0 Å². The van der Waals surface area contributed by atoms with Crippen LogP contribution in [0, 0.1) is 5.92 Å². The van der Waals surface area contributed by atoms with Gasteiger partial charge in [-0.15, -0.1) is 0 Å². The maximum Gasteiger partial charge on any atom is 0.237 e. The molecule has 3 N–H and O–H groups in total. The lowest BCUT2D eigenvalue weighted by molar-refractivity contribution is -0.124. The molecule has 0 aromatic heterocycles. The zero-order valence-electron chi connectivity index (χ0n) is 12.3. The molecule has 0 aliphatic carbocycles. The first-order valence-corrected chi connectivity index (χ1v) is 7.29. The van der Waals surface area contributed by atoms with E-state index in [9.17, 15) is 9.90 Å². The molecule has 112 valence electrons. The van der Waals surface area contributed by atoms with Crippen molar-refractivity contribution in [2.24, 2.45) is 5.92 Å². The molecule has 5 nitrogen and oxygen atoms in total. The Balaban J connectivity index is 2.13. The molecule has 0 aromatic rings. The number of aliphatic hydroxyl groups is 1. The third-order valence-electron chi connectivity index (χ3n) is 3.26. The van der Waals surface area contributed by atoms with Crippen molar-refractivity contribution < 1.29 is 14.6 Å². The molecular formula is C14H28N2O3. The number of amides is 1. The predicted molar refractivity (Wildman–Crippen MR) is 74.9 cm³/mol. The maximum atomic E-state index is 11.5. The van der Waals surface area contributed by atoms with Gasteiger partial charge in [-0.2, -0.15) is 0 Å². The minimum atomic E-state index is -0.565. The average Bonchev–Trinajstić information content (AvgIpc) is 2.34. The molecule has 3 atom stereocenters. The molecule has 0 saturated carbocycles. The van der Waals surface area contributed by atoms with Gasteiger partial charge in [-0.05, 0) is 32.1 Å². The number of piperidine rings is 1. The Kier molecular flexibility index (Phi) is 7.34. The van der Waals surface area contributed by atoms with Crippen LogP contribution in [0.1, 0.15) is 40.0 Å². The van der Waals surface area contributed by atoms with Crippen molar-refractivity contribution >= 4 is 5.91 Å². The van der Waals surface area contributed by atoms with Gasteiger partial charge < -0.3 is 20.5 Å². The summed E-state index contributed by atoms with van der Waals surface area (Å²) >= 11 is 0. The van der Waals surface area contributed by atoms with E-state index in [4.69, 9.17) is 4.74 Å². The molecule has 19 heavy (non-hydrogen) atoms. The van der Waals surface area contributed by atoms with Crippen LogP contribution in [0.2, 0.25) is 0 Å². The summed E-state index contributed by atoms with van der Waals surface area (Å²) in [6.45, 7) is 7.80. The Morgan fingerprint density at radius 3 is 2.84 bits per heavy atom. The Morgan fingerprint density at radius 2 is 2.21 bits per heavy atom. The van der Waals surface area contributed by atoms with Crippen LogP contribution in [0.4, 0.5) is 0 Å². The molecular weight excluding hydrogens is 244 g/mol. The third-order valence-corrected chi connectivity index (χ3v) is 3.26. The fourth-order valence-corrected chi connectivity index (χ4v) is 2.31. The van der Waals surface area contributed by atoms with E-state index in [2.05, 4.69) is 24.5 Å². The Labute approximate surface area is 116 Å². The van der Waals surface area contributed by atoms with Gasteiger partial charge in [0.15, 0.2) is 0 Å². The zero-order valence-corrected chi connectivity index (χ0v) is 12.3. The summed E-state index contributed by atoms with van der Waals surface area (Å²) in [4.78, 5) is 11.5. The smallest absolute Gasteiger partial charge is 0.237 e. The lowest BCUT2D eigenvalue weighted by Gasteiger charge is -2.24. The van der Waals surface area contributed by atoms with Crippen molar-refractivity contribution in [2.75, 3.05) is 19.7 Å². The van der Waals surface area contributed by atoms with Gasteiger partial charge in [0.05, 0.1) is 24.9 Å². The largest absolute Gasteiger partial charge is 0.389 e. The van der Waals surface area contributed by atoms with Gasteiger partial charge in [0.1, 0.15) is 0 Å². The second-order valence-electron chi connectivity index (χ2n) is 5.82. The molecule has 3 unspecified atom stereocenters. The standard InChI is InChI=1S/C14H28N2O3/c1-10(2)7-11(3)19-9-12(17)8-16-13-5-4-6-15-14(13)18/h10-13,16-17H,4-9H2,1-3H3,(H,15,18). The number of nitrogens with one attached hydrogen (secondary N) is 2. The number of carbonyl (C=O) groups excluding carboxylic acids is 1. The van der Waals surface area contributed by atoms with Crippen LogP contribution in [0.25, 0.3) is 0 Å². The molecule has 1 rings (SSSR count). The average molecular weight is 272 g/mol. The van der Waals surface area contributed by atoms with Gasteiger partial charge >= 0.3 is 0 Å². The number of rotatable bonds is 8. The van der Waals surface area contributed by atoms with Gasteiger partial charge in [-0.1, -0.05) is 13.8 Å². The third kappa shape index (κ3) is 6.89. The van der Waals surface area contributed by atoms with Crippen LogP contribution in [0.5, 0.6) is 0 Å². The van der Waals surface area contributed by atoms with Crippen molar-refractivity contribution in [1.82, 2.24) is 10.6 Å². The summed E-state index contributed by atoms with van der Waals surface area (Å²) in [5.41, 5.74) is 0. The second-order valence-corrected chi connectivity index (χ2v) is 5.82. The van der Waals surface area contributed by atoms with E-state index >= 15 is 0 Å². The lowest BCUT2D eigenvalue weighted by atomic mass is 10.1. The highest BCUT2D eigenvalue weighted by Gasteiger charge is 2.22. The minimum absolute atomic E-state index is 0.0348. The summed E-state index contributed by atoms with van der Waals surface area (Å²) in [6, 6.07) is -0.170. The van der Waals surface area contributed by atoms with E-state index in [0.29, 0.717) is 19.1 Å². The lowest BCUT2D eigenvalue weighted by Crippen LogP contribution is -2.50. The molecule has 0 radical (unpaired) electrons. The number of hydrogen-bond donors (Lipinski definition) is 3. The van der Waals surface area contributed by atoms with Crippen molar-refractivity contribution in [3.05, 3.63) is 0 Å². The number of hydrogen-bond acceptors (Lipinski definition) is 4. The monoisotopic (exact) mass is 272 g/mol. The topological polar surface area (TPSA) is 70.6 Å². The van der Waals surface area contributed by atoms with Crippen molar-refractivity contribution in [1.29, 1.82) is 0 Å². The fraction of sp³-hybridized carbons (Fsp3) is 0.929. The van der Waals surface area contributed by atoms with E-state index < -0.39 is 6.10 Å². The van der Waals surface area contributed by atoms with Crippen LogP contribution in [0.15, 0.2) is 0 Å². The van der Waals surface area contributed by atoms with Gasteiger partial charge in [0.2, 0.25) is 5.91 Å². The Bertz CT molecular complexity index is 271. The summed E-state index contributed by atoms with van der Waals surface area (Å²) in [6.07, 6.45) is 2.41. The molecule has 1 aliphatic rings. The minimum Gasteiger partial charge on any atom is -0.389 e. The maximum absolute atomic E-state index is 11.5. The van der Waals surface area contributed by atoms with E-state index in [1.54, 1.807) is 0 Å². The van der Waals surface area contributed by atoms with Crippen LogP contribution in [0.3, 0.4) is 0 Å². The quantitative estimate of drug-likeness (QED) is 0.607. The van der Waals surface area contributed by atoms with Gasteiger partial charge in [-0.25, -0.2) is 0 Å². The highest BCUT2D eigenvalue weighted by Crippen LogP contribution is 2.08. The van der Waals surface area contributed by atoms with Crippen molar-refractivity contribution in [2.45, 2.75) is 58.3 Å². The first-order chi connectivity index (χ1) is 8.99. The summed E-state index contributed by atoms with van der Waals surface area (Å²) in [7, 11) is 0. The summed E-state index contributed by atoms with van der Waals surface area (Å²) in [5, 5.41) is 15.7. The van der Waals surface area contributed by atoms with E-state index in [0.717, 1.165) is 25.8 Å². The molecule has 0 aromatic carbocycles. The van der Waals surface area contributed by atoms with Gasteiger partial charge in [-0.3, -0.25) is 4.79 Å². The molecule has 1 heterocycles. The number of aliphatic hydroxyl groups excluding tert-OH is 1. The number of carbonyl (C=O) groups is 1. The Morgan fingerprint density at radius 1 is 1.47 bits per heavy atom. The van der Waals surface area contributed by atoms with Crippen LogP contribution in [-0.4, -0.2) is 49.0 Å². The van der Waals surface area contributed by atoms with Crippen molar-refractivity contribution in [3.63, 3.8) is 0 Å². The van der Waals surface area contributed by atoms with E-state index in [1.165, 1.54) is 0 Å². The second kappa shape index (κ2) is 8.51. The van der Waals surface area contributed by atoms with Gasteiger partial charge in [0, 0.05) is 13.1 Å². The molecule has 1 amide bonds. The normalized spacial score (nSPS) is 23.2. The molecule has 1 saturated heterocycles. The fourth-order valence-electron chi connectivity index (χ4n) is 2.31. The highest BCUT2D eigenvalue weighted by molar-refractivity contribution is 5.82. The highest BCUT2D eigenvalue weighted by atomic mass is 16.5. The molecule has 1 aliphatic heterocycles. The molecule has 5 heteroatoms. The molecule has 0 spiro atoms. The first kappa shape index (κ1) is 16.4. The summed E-state index contributed by atoms with van der Waals surface area (Å²) in [5.74, 6) is 0.628. The van der Waals surface area contributed by atoms with Crippen LogP contribution in [-0.2, 0) is 9.53 Å². The SMILES string of the molecule is CC(C)CC(C)OCC(O)CNC1CCCNC1=O. The summed E-state index contributed by atoms with van der Waals surface area (Å²) < 4.78 is 5.59. The van der Waals surface area contributed by atoms with Gasteiger partial charge in [0.25, 0.3) is 0 Å². The van der Waals surface area contributed by atoms with E-state index in [1.807, 2.05) is 6.92 Å². The predicted octanol–water partition coefficient (Wildman–Crippen LogP) is 0.667. The first-order valence-electron chi connectivity index (χ1n) is 7.29. The molecule has 1 fully saturated rings. The molecule has 0 bridgehead atoms.